The molecule has 0 radical (unpaired) electrons. The van der Waals surface area contributed by atoms with Crippen LogP contribution in [-0.4, -0.2) is 37.8 Å². The summed E-state index contributed by atoms with van der Waals surface area (Å²) in [5, 5.41) is 8.33. The Balaban J connectivity index is 3.35. The number of carbonyl (C=O) groups is 1. The lowest BCUT2D eigenvalue weighted by Crippen LogP contribution is -2.36. The number of nitrogens with zero attached hydrogens (tertiary/aromatic N) is 3. The van der Waals surface area contributed by atoms with Crippen molar-refractivity contribution < 1.29 is 13.2 Å². The fraction of sp³-hybridized carbons (Fsp3) is 0.200. The van der Waals surface area contributed by atoms with Crippen molar-refractivity contribution in [1.29, 1.82) is 0 Å². The monoisotopic (exact) mass is 186 g/mol. The number of hydrogen-bond donors (Lipinski definition) is 0. The summed E-state index contributed by atoms with van der Waals surface area (Å²) in [4.78, 5) is 11.0. The first-order valence-corrected chi connectivity index (χ1v) is 4.24. The van der Waals surface area contributed by atoms with Crippen molar-refractivity contribution in [1.82, 2.24) is 4.31 Å². The van der Waals surface area contributed by atoms with Crippen molar-refractivity contribution in [2.75, 3.05) is 7.05 Å². The molecule has 0 N–H and O–H groups in total. The average molecular weight is 186 g/mol. The number of rotatable bonds is 0. The highest BCUT2D eigenvalue weighted by molar-refractivity contribution is 7.88. The van der Waals surface area contributed by atoms with Gasteiger partial charge < -0.3 is 5.41 Å². The normalized spacial score (nSPS) is 20.9. The number of hydrogen-bond acceptors (Lipinski definition) is 3. The third-order valence-electron chi connectivity index (χ3n) is 1.30. The standard InChI is InChI=1S/C5H4N3O3S/c1-8-5(9)4(2-6)3-7-12(8,10)11/h3H,1H3/q-1. The second-order valence-electron chi connectivity index (χ2n) is 2.01. The van der Waals surface area contributed by atoms with Crippen molar-refractivity contribution in [3.63, 3.8) is 0 Å². The summed E-state index contributed by atoms with van der Waals surface area (Å²) in [6.45, 7) is 0. The van der Waals surface area contributed by atoms with Crippen molar-refractivity contribution in [2.24, 2.45) is 4.40 Å². The number of likely N-dealkylation sites (N-methyl/N-ethyl adjacent to an activating group) is 1. The summed E-state index contributed by atoms with van der Waals surface area (Å²) in [5.41, 5.74) is -0.285. The van der Waals surface area contributed by atoms with E-state index in [1.165, 1.54) is 5.87 Å². The average Bonchev–Trinajstić information content (AvgIpc) is 2.01. The molecule has 1 aliphatic rings. The van der Waals surface area contributed by atoms with Crippen LogP contribution in [0.25, 0.3) is 5.41 Å². The Hall–Kier alpha value is -1.46. The molecular formula is C5H4N3O3S-. The molecule has 0 aromatic carbocycles. The fourth-order valence-corrected chi connectivity index (χ4v) is 1.28. The fourth-order valence-electron chi connectivity index (χ4n) is 0.596. The highest BCUT2D eigenvalue weighted by Gasteiger charge is 2.27. The van der Waals surface area contributed by atoms with E-state index in [4.69, 9.17) is 5.41 Å². The number of carbonyl (C=O) groups excluding carboxylic acids is 1. The van der Waals surface area contributed by atoms with Gasteiger partial charge in [-0.3, -0.25) is 10.7 Å². The Bertz CT molecular complexity index is 402. The summed E-state index contributed by atoms with van der Waals surface area (Å²) >= 11 is 0. The molecule has 7 heteroatoms. The molecular weight excluding hydrogens is 182 g/mol. The van der Waals surface area contributed by atoms with Crippen molar-refractivity contribution >= 4 is 28.2 Å². The van der Waals surface area contributed by atoms with E-state index in [-0.39, 0.29) is 5.57 Å². The first-order chi connectivity index (χ1) is 5.49. The highest BCUT2D eigenvalue weighted by atomic mass is 32.2. The van der Waals surface area contributed by atoms with Crippen LogP contribution in [0.3, 0.4) is 0 Å². The van der Waals surface area contributed by atoms with Gasteiger partial charge in [-0.15, -0.1) is 0 Å². The van der Waals surface area contributed by atoms with Gasteiger partial charge in [0.15, 0.2) is 0 Å². The molecule has 12 heavy (non-hydrogen) atoms. The van der Waals surface area contributed by atoms with E-state index in [1.807, 2.05) is 0 Å². The van der Waals surface area contributed by atoms with E-state index in [0.717, 1.165) is 13.3 Å². The summed E-state index contributed by atoms with van der Waals surface area (Å²) in [6.07, 6.45) is 0.748. The Morgan fingerprint density at radius 3 is 2.75 bits per heavy atom. The summed E-state index contributed by atoms with van der Waals surface area (Å²) in [7, 11) is -2.83. The second-order valence-corrected chi connectivity index (χ2v) is 3.66. The van der Waals surface area contributed by atoms with Crippen LogP contribution in [-0.2, 0) is 15.0 Å². The topological polar surface area (TPSA) is 89.1 Å². The van der Waals surface area contributed by atoms with E-state index in [1.54, 1.807) is 0 Å². The maximum absolute atomic E-state index is 11.0. The minimum Gasteiger partial charge on any atom is -0.763 e. The number of amides is 1. The molecule has 64 valence electrons. The molecule has 6 nitrogen and oxygen atoms in total. The van der Waals surface area contributed by atoms with Crippen molar-refractivity contribution in [2.45, 2.75) is 0 Å². The third kappa shape index (κ3) is 1.15. The van der Waals surface area contributed by atoms with Gasteiger partial charge in [-0.1, -0.05) is 0 Å². The molecule has 0 saturated carbocycles. The minimum atomic E-state index is -3.87. The Kier molecular flexibility index (Phi) is 1.83. The van der Waals surface area contributed by atoms with Crippen LogP contribution in [0.2, 0.25) is 0 Å². The molecule has 0 unspecified atom stereocenters. The van der Waals surface area contributed by atoms with E-state index >= 15 is 0 Å². The Morgan fingerprint density at radius 1 is 1.67 bits per heavy atom. The van der Waals surface area contributed by atoms with Gasteiger partial charge in [0.25, 0.3) is 5.91 Å². The van der Waals surface area contributed by atoms with Gasteiger partial charge >= 0.3 is 10.2 Å². The first kappa shape index (κ1) is 8.63. The van der Waals surface area contributed by atoms with Crippen LogP contribution in [0.1, 0.15) is 0 Å². The van der Waals surface area contributed by atoms with Crippen LogP contribution in [0.5, 0.6) is 0 Å². The minimum absolute atomic E-state index is 0.285. The van der Waals surface area contributed by atoms with Gasteiger partial charge in [-0.25, -0.2) is 4.31 Å². The van der Waals surface area contributed by atoms with Crippen molar-refractivity contribution in [3.8, 4) is 0 Å². The molecule has 1 aliphatic heterocycles. The summed E-state index contributed by atoms with van der Waals surface area (Å²) in [5.74, 6) is 0.679. The first-order valence-electron chi connectivity index (χ1n) is 2.84. The van der Waals surface area contributed by atoms with E-state index < -0.39 is 16.1 Å². The van der Waals surface area contributed by atoms with Gasteiger partial charge in [-0.05, 0) is 0 Å². The SMILES string of the molecule is CN1C(=O)C(=C=[N-])C=NS1(=O)=O. The van der Waals surface area contributed by atoms with Gasteiger partial charge in [0.2, 0.25) is 0 Å². The zero-order chi connectivity index (χ0) is 9.35. The predicted molar refractivity (Wildman–Crippen MR) is 42.1 cm³/mol. The summed E-state index contributed by atoms with van der Waals surface area (Å²) in [6, 6.07) is 0. The lowest BCUT2D eigenvalue weighted by atomic mass is 10.3. The van der Waals surface area contributed by atoms with Gasteiger partial charge in [0.05, 0.1) is 11.8 Å². The van der Waals surface area contributed by atoms with E-state index in [2.05, 4.69) is 4.40 Å². The molecule has 1 heterocycles. The molecule has 1 rings (SSSR count). The molecule has 0 aliphatic carbocycles. The predicted octanol–water partition coefficient (Wildman–Crippen LogP) is -1.06. The zero-order valence-electron chi connectivity index (χ0n) is 6.05. The lowest BCUT2D eigenvalue weighted by molar-refractivity contribution is -0.121. The molecule has 1 amide bonds. The van der Waals surface area contributed by atoms with Gasteiger partial charge in [0, 0.05) is 7.05 Å². The molecule has 0 spiro atoms. The Labute approximate surface area is 68.9 Å². The largest absolute Gasteiger partial charge is 0.763 e. The summed E-state index contributed by atoms with van der Waals surface area (Å²) < 4.78 is 25.1. The maximum atomic E-state index is 11.0. The molecule has 0 bridgehead atoms. The van der Waals surface area contributed by atoms with Gasteiger partial charge in [-0.2, -0.15) is 12.8 Å². The highest BCUT2D eigenvalue weighted by Crippen LogP contribution is 2.09. The third-order valence-corrected chi connectivity index (χ3v) is 2.53. The van der Waals surface area contributed by atoms with Crippen LogP contribution < -0.4 is 0 Å². The van der Waals surface area contributed by atoms with Crippen LogP contribution >= 0.6 is 0 Å². The molecule has 0 saturated heterocycles. The molecule has 0 aromatic rings. The van der Waals surface area contributed by atoms with Crippen LogP contribution in [0.15, 0.2) is 9.97 Å². The second kappa shape index (κ2) is 2.54. The quantitative estimate of drug-likeness (QED) is 0.356. The van der Waals surface area contributed by atoms with Crippen LogP contribution in [0, 0.1) is 0 Å². The molecule has 0 atom stereocenters. The van der Waals surface area contributed by atoms with Gasteiger partial charge in [0.1, 0.15) is 0 Å². The zero-order valence-corrected chi connectivity index (χ0v) is 6.87. The van der Waals surface area contributed by atoms with E-state index in [0.29, 0.717) is 4.31 Å². The maximum Gasteiger partial charge on any atom is 0.346 e. The smallest absolute Gasteiger partial charge is 0.346 e. The van der Waals surface area contributed by atoms with Crippen molar-refractivity contribution in [3.05, 3.63) is 11.0 Å². The van der Waals surface area contributed by atoms with Crippen LogP contribution in [0.4, 0.5) is 0 Å². The van der Waals surface area contributed by atoms with E-state index in [9.17, 15) is 13.2 Å². The lowest BCUT2D eigenvalue weighted by Gasteiger charge is -2.17. The molecule has 0 aromatic heterocycles. The molecule has 0 fully saturated rings. The Morgan fingerprint density at radius 2 is 2.25 bits per heavy atom.